The van der Waals surface area contributed by atoms with E-state index in [1.54, 1.807) is 0 Å². The molecule has 0 bridgehead atoms. The summed E-state index contributed by atoms with van der Waals surface area (Å²) in [6, 6.07) is 8.93. The van der Waals surface area contributed by atoms with Crippen LogP contribution in [0.4, 0.5) is 5.69 Å². The summed E-state index contributed by atoms with van der Waals surface area (Å²) >= 11 is 1.95. The highest BCUT2D eigenvalue weighted by Crippen LogP contribution is 2.42. The number of para-hydroxylation sites is 1. The molecule has 3 heteroatoms. The lowest BCUT2D eigenvalue weighted by atomic mass is 9.95. The SMILES string of the molecule is CSCCCN1CC(C)(C2CC2)NCc2ccccc21. The molecular weight excluding hydrogens is 264 g/mol. The molecule has 1 aromatic carbocycles. The van der Waals surface area contributed by atoms with Gasteiger partial charge in [0.05, 0.1) is 0 Å². The van der Waals surface area contributed by atoms with Crippen molar-refractivity contribution in [2.75, 3.05) is 30.0 Å². The van der Waals surface area contributed by atoms with Gasteiger partial charge in [0.1, 0.15) is 0 Å². The zero-order valence-corrected chi connectivity index (χ0v) is 13.5. The monoisotopic (exact) mass is 290 g/mol. The average Bonchev–Trinajstić information content (AvgIpc) is 3.29. The van der Waals surface area contributed by atoms with Gasteiger partial charge in [-0.3, -0.25) is 0 Å². The molecule has 0 saturated heterocycles. The predicted molar refractivity (Wildman–Crippen MR) is 89.6 cm³/mol. The molecule has 1 aliphatic carbocycles. The smallest absolute Gasteiger partial charge is 0.0412 e. The fraction of sp³-hybridized carbons (Fsp3) is 0.647. The summed E-state index contributed by atoms with van der Waals surface area (Å²) < 4.78 is 0. The summed E-state index contributed by atoms with van der Waals surface area (Å²) in [4.78, 5) is 2.63. The van der Waals surface area contributed by atoms with Crippen molar-refractivity contribution in [3.63, 3.8) is 0 Å². The lowest BCUT2D eigenvalue weighted by molar-refractivity contribution is 0.316. The van der Waals surface area contributed by atoms with Crippen LogP contribution in [0.2, 0.25) is 0 Å². The van der Waals surface area contributed by atoms with Gasteiger partial charge < -0.3 is 10.2 Å². The molecule has 2 aliphatic rings. The Morgan fingerprint density at radius 1 is 1.35 bits per heavy atom. The highest BCUT2D eigenvalue weighted by Gasteiger charge is 2.43. The van der Waals surface area contributed by atoms with Crippen molar-refractivity contribution in [3.05, 3.63) is 29.8 Å². The highest BCUT2D eigenvalue weighted by atomic mass is 32.2. The van der Waals surface area contributed by atoms with Crippen LogP contribution in [0.3, 0.4) is 0 Å². The lowest BCUT2D eigenvalue weighted by Crippen LogP contribution is -2.51. The van der Waals surface area contributed by atoms with E-state index in [0.717, 1.165) is 19.0 Å². The molecule has 0 amide bonds. The van der Waals surface area contributed by atoms with E-state index in [1.807, 2.05) is 11.8 Å². The first-order chi connectivity index (χ1) is 9.73. The molecule has 1 fully saturated rings. The molecule has 3 rings (SSSR count). The van der Waals surface area contributed by atoms with E-state index in [2.05, 4.69) is 47.7 Å². The van der Waals surface area contributed by atoms with Crippen molar-refractivity contribution in [1.29, 1.82) is 0 Å². The molecule has 1 aliphatic heterocycles. The van der Waals surface area contributed by atoms with Crippen LogP contribution in [-0.4, -0.2) is 30.6 Å². The second-order valence-electron chi connectivity index (χ2n) is 6.44. The first-order valence-corrected chi connectivity index (χ1v) is 9.19. The second kappa shape index (κ2) is 5.98. The molecule has 1 aromatic rings. The first-order valence-electron chi connectivity index (χ1n) is 7.80. The van der Waals surface area contributed by atoms with Crippen molar-refractivity contribution in [2.45, 2.75) is 38.3 Å². The maximum Gasteiger partial charge on any atom is 0.0412 e. The number of nitrogens with zero attached hydrogens (tertiary/aromatic N) is 1. The molecule has 1 saturated carbocycles. The van der Waals surface area contributed by atoms with Gasteiger partial charge in [-0.2, -0.15) is 11.8 Å². The zero-order valence-electron chi connectivity index (χ0n) is 12.7. The van der Waals surface area contributed by atoms with Crippen LogP contribution in [0.25, 0.3) is 0 Å². The van der Waals surface area contributed by atoms with E-state index in [4.69, 9.17) is 0 Å². The summed E-state index contributed by atoms with van der Waals surface area (Å²) in [7, 11) is 0. The molecule has 0 spiro atoms. The number of rotatable bonds is 5. The van der Waals surface area contributed by atoms with E-state index in [0.29, 0.717) is 5.54 Å². The van der Waals surface area contributed by atoms with Gasteiger partial charge >= 0.3 is 0 Å². The maximum atomic E-state index is 3.85. The Balaban J connectivity index is 1.81. The van der Waals surface area contributed by atoms with Gasteiger partial charge in [0.25, 0.3) is 0 Å². The molecule has 1 heterocycles. The van der Waals surface area contributed by atoms with Crippen molar-refractivity contribution in [2.24, 2.45) is 5.92 Å². The Labute approximate surface area is 127 Å². The Kier molecular flexibility index (Phi) is 4.27. The molecule has 110 valence electrons. The van der Waals surface area contributed by atoms with Gasteiger partial charge in [-0.25, -0.2) is 0 Å². The number of anilines is 1. The van der Waals surface area contributed by atoms with Crippen molar-refractivity contribution in [3.8, 4) is 0 Å². The van der Waals surface area contributed by atoms with Gasteiger partial charge in [0, 0.05) is 30.9 Å². The molecular formula is C17H26N2S. The van der Waals surface area contributed by atoms with Crippen LogP contribution in [0, 0.1) is 5.92 Å². The maximum absolute atomic E-state index is 3.85. The third kappa shape index (κ3) is 2.99. The number of benzene rings is 1. The van der Waals surface area contributed by atoms with Gasteiger partial charge in [-0.15, -0.1) is 0 Å². The van der Waals surface area contributed by atoms with Crippen LogP contribution >= 0.6 is 11.8 Å². The molecule has 1 atom stereocenters. The van der Waals surface area contributed by atoms with Crippen LogP contribution in [-0.2, 0) is 6.54 Å². The number of thioether (sulfide) groups is 1. The summed E-state index contributed by atoms with van der Waals surface area (Å²) in [5, 5.41) is 3.85. The van der Waals surface area contributed by atoms with Crippen LogP contribution < -0.4 is 10.2 Å². The third-order valence-electron chi connectivity index (χ3n) is 4.79. The normalized spacial score (nSPS) is 26.2. The number of nitrogens with one attached hydrogen (secondary N) is 1. The Morgan fingerprint density at radius 2 is 2.15 bits per heavy atom. The minimum atomic E-state index is 0.290. The van der Waals surface area contributed by atoms with E-state index >= 15 is 0 Å². The van der Waals surface area contributed by atoms with E-state index in [-0.39, 0.29) is 0 Å². The topological polar surface area (TPSA) is 15.3 Å². The van der Waals surface area contributed by atoms with E-state index in [1.165, 1.54) is 42.8 Å². The van der Waals surface area contributed by atoms with Gasteiger partial charge in [0.2, 0.25) is 0 Å². The van der Waals surface area contributed by atoms with Crippen molar-refractivity contribution in [1.82, 2.24) is 5.32 Å². The summed E-state index contributed by atoms with van der Waals surface area (Å²) in [6.45, 7) is 5.78. The molecule has 2 nitrogen and oxygen atoms in total. The lowest BCUT2D eigenvalue weighted by Gasteiger charge is -2.35. The van der Waals surface area contributed by atoms with E-state index in [9.17, 15) is 0 Å². The quantitative estimate of drug-likeness (QED) is 0.835. The molecule has 0 radical (unpaired) electrons. The summed E-state index contributed by atoms with van der Waals surface area (Å²) in [6.07, 6.45) is 6.28. The van der Waals surface area contributed by atoms with Crippen molar-refractivity contribution < 1.29 is 0 Å². The van der Waals surface area contributed by atoms with Crippen LogP contribution in [0.1, 0.15) is 31.7 Å². The number of fused-ring (bicyclic) bond motifs is 1. The van der Waals surface area contributed by atoms with E-state index < -0.39 is 0 Å². The Morgan fingerprint density at radius 3 is 2.90 bits per heavy atom. The molecule has 1 unspecified atom stereocenters. The zero-order chi connectivity index (χ0) is 14.0. The largest absolute Gasteiger partial charge is 0.369 e. The minimum absolute atomic E-state index is 0.290. The second-order valence-corrected chi connectivity index (χ2v) is 7.43. The third-order valence-corrected chi connectivity index (χ3v) is 5.49. The van der Waals surface area contributed by atoms with Crippen LogP contribution in [0.5, 0.6) is 0 Å². The van der Waals surface area contributed by atoms with Gasteiger partial charge in [0.15, 0.2) is 0 Å². The fourth-order valence-corrected chi connectivity index (χ4v) is 3.81. The summed E-state index contributed by atoms with van der Waals surface area (Å²) in [5.41, 5.74) is 3.20. The molecule has 1 N–H and O–H groups in total. The van der Waals surface area contributed by atoms with Crippen molar-refractivity contribution >= 4 is 17.4 Å². The number of hydrogen-bond donors (Lipinski definition) is 1. The minimum Gasteiger partial charge on any atom is -0.369 e. The Bertz CT molecular complexity index is 458. The first kappa shape index (κ1) is 14.3. The average molecular weight is 290 g/mol. The highest BCUT2D eigenvalue weighted by molar-refractivity contribution is 7.98. The Hall–Kier alpha value is -0.670. The molecule has 20 heavy (non-hydrogen) atoms. The van der Waals surface area contributed by atoms with Gasteiger partial charge in [-0.1, -0.05) is 18.2 Å². The fourth-order valence-electron chi connectivity index (χ4n) is 3.40. The van der Waals surface area contributed by atoms with Gasteiger partial charge in [-0.05, 0) is 55.7 Å². The standard InChI is InChI=1S/C17H26N2S/c1-17(15-8-9-15)13-19(10-5-11-20-2)16-7-4-3-6-14(16)12-18-17/h3-4,6-7,15,18H,5,8-13H2,1-2H3. The number of hydrogen-bond acceptors (Lipinski definition) is 3. The molecule has 0 aromatic heterocycles. The predicted octanol–water partition coefficient (Wildman–Crippen LogP) is 3.52. The van der Waals surface area contributed by atoms with Crippen LogP contribution in [0.15, 0.2) is 24.3 Å². The summed E-state index contributed by atoms with van der Waals surface area (Å²) in [5.74, 6) is 2.13.